The third-order valence-corrected chi connectivity index (χ3v) is 3.96. The summed E-state index contributed by atoms with van der Waals surface area (Å²) in [6.07, 6.45) is 5.34. The second kappa shape index (κ2) is 8.79. The molecule has 1 fully saturated rings. The van der Waals surface area contributed by atoms with E-state index < -0.39 is 0 Å². The second-order valence-electron chi connectivity index (χ2n) is 5.59. The molecule has 22 heavy (non-hydrogen) atoms. The average Bonchev–Trinajstić information content (AvgIpc) is 2.54. The highest BCUT2D eigenvalue weighted by atomic mass is 16.5. The van der Waals surface area contributed by atoms with Crippen LogP contribution in [-0.4, -0.2) is 32.2 Å². The first-order chi connectivity index (χ1) is 10.7. The maximum atomic E-state index is 11.7. The Morgan fingerprint density at radius 3 is 2.82 bits per heavy atom. The van der Waals surface area contributed by atoms with Crippen LogP contribution in [0.15, 0.2) is 18.2 Å². The van der Waals surface area contributed by atoms with Gasteiger partial charge in [0.1, 0.15) is 6.10 Å². The molecule has 1 aliphatic carbocycles. The van der Waals surface area contributed by atoms with Gasteiger partial charge >= 0.3 is 0 Å². The molecule has 1 aromatic rings. The molecule has 1 saturated carbocycles. The largest absolute Gasteiger partial charge is 0.493 e. The topological polar surface area (TPSA) is 44.8 Å². The third-order valence-electron chi connectivity index (χ3n) is 3.96. The predicted molar refractivity (Wildman–Crippen MR) is 85.7 cm³/mol. The standard InChI is InChI=1S/C18H26O4/c1-3-21-18-13-14(10-11-17(18)20-2)7-6-12-22-16-9-5-4-8-15(16)19/h10-11,13,16H,3-9,12H2,1-2H3. The second-order valence-corrected chi connectivity index (χ2v) is 5.59. The fourth-order valence-electron chi connectivity index (χ4n) is 2.77. The Kier molecular flexibility index (Phi) is 6.72. The van der Waals surface area contributed by atoms with E-state index in [4.69, 9.17) is 14.2 Å². The number of ether oxygens (including phenoxy) is 3. The molecule has 0 heterocycles. The molecule has 4 heteroatoms. The van der Waals surface area contributed by atoms with E-state index in [9.17, 15) is 4.79 Å². The van der Waals surface area contributed by atoms with Gasteiger partial charge in [-0.3, -0.25) is 4.79 Å². The van der Waals surface area contributed by atoms with Crippen molar-refractivity contribution in [2.45, 2.75) is 51.6 Å². The lowest BCUT2D eigenvalue weighted by Gasteiger charge is -2.20. The molecule has 1 aromatic carbocycles. The van der Waals surface area contributed by atoms with Crippen LogP contribution in [-0.2, 0) is 16.0 Å². The Morgan fingerprint density at radius 2 is 2.09 bits per heavy atom. The van der Waals surface area contributed by atoms with E-state index in [0.29, 0.717) is 19.6 Å². The number of hydrogen-bond donors (Lipinski definition) is 0. The quantitative estimate of drug-likeness (QED) is 0.689. The molecular formula is C18H26O4. The highest BCUT2D eigenvalue weighted by molar-refractivity contribution is 5.83. The van der Waals surface area contributed by atoms with E-state index >= 15 is 0 Å². The zero-order valence-corrected chi connectivity index (χ0v) is 13.6. The summed E-state index contributed by atoms with van der Waals surface area (Å²) in [4.78, 5) is 11.7. The number of carbonyl (C=O) groups excluding carboxylic acids is 1. The van der Waals surface area contributed by atoms with Crippen molar-refractivity contribution in [3.05, 3.63) is 23.8 Å². The van der Waals surface area contributed by atoms with Gasteiger partial charge in [0.2, 0.25) is 0 Å². The maximum absolute atomic E-state index is 11.7. The molecule has 0 N–H and O–H groups in total. The molecule has 0 spiro atoms. The van der Waals surface area contributed by atoms with Gasteiger partial charge in [0.05, 0.1) is 13.7 Å². The zero-order valence-electron chi connectivity index (χ0n) is 13.6. The minimum atomic E-state index is -0.163. The van der Waals surface area contributed by atoms with E-state index in [2.05, 4.69) is 0 Å². The Hall–Kier alpha value is -1.55. The highest BCUT2D eigenvalue weighted by Crippen LogP contribution is 2.28. The molecule has 0 amide bonds. The van der Waals surface area contributed by atoms with Crippen molar-refractivity contribution in [3.8, 4) is 11.5 Å². The maximum Gasteiger partial charge on any atom is 0.161 e. The molecule has 2 rings (SSSR count). The minimum Gasteiger partial charge on any atom is -0.493 e. The molecule has 0 bridgehead atoms. The fraction of sp³-hybridized carbons (Fsp3) is 0.611. The Bertz CT molecular complexity index is 484. The number of carbonyl (C=O) groups is 1. The summed E-state index contributed by atoms with van der Waals surface area (Å²) in [7, 11) is 1.65. The smallest absolute Gasteiger partial charge is 0.161 e. The number of ketones is 1. The predicted octanol–water partition coefficient (Wildman–Crippen LogP) is 3.55. The summed E-state index contributed by atoms with van der Waals surface area (Å²) in [5.74, 6) is 1.81. The molecule has 0 aromatic heterocycles. The monoisotopic (exact) mass is 306 g/mol. The Labute approximate surface area is 132 Å². The van der Waals surface area contributed by atoms with Crippen LogP contribution >= 0.6 is 0 Å². The van der Waals surface area contributed by atoms with Crippen LogP contribution < -0.4 is 9.47 Å². The van der Waals surface area contributed by atoms with E-state index in [-0.39, 0.29) is 11.9 Å². The van der Waals surface area contributed by atoms with Gasteiger partial charge in [0.15, 0.2) is 17.3 Å². The van der Waals surface area contributed by atoms with E-state index in [0.717, 1.165) is 43.6 Å². The lowest BCUT2D eigenvalue weighted by atomic mass is 9.96. The molecule has 0 aliphatic heterocycles. The van der Waals surface area contributed by atoms with Gasteiger partial charge in [-0.25, -0.2) is 0 Å². The van der Waals surface area contributed by atoms with Crippen LogP contribution in [0.25, 0.3) is 0 Å². The van der Waals surface area contributed by atoms with Crippen LogP contribution in [0.5, 0.6) is 11.5 Å². The van der Waals surface area contributed by atoms with Gasteiger partial charge in [0.25, 0.3) is 0 Å². The van der Waals surface area contributed by atoms with Crippen LogP contribution in [0.4, 0.5) is 0 Å². The summed E-state index contributed by atoms with van der Waals surface area (Å²) in [6.45, 7) is 3.21. The van der Waals surface area contributed by atoms with Crippen LogP contribution in [0.2, 0.25) is 0 Å². The lowest BCUT2D eigenvalue weighted by Crippen LogP contribution is -2.28. The van der Waals surface area contributed by atoms with Crippen LogP contribution in [0.1, 0.15) is 44.6 Å². The minimum absolute atomic E-state index is 0.163. The molecule has 122 valence electrons. The Morgan fingerprint density at radius 1 is 1.23 bits per heavy atom. The van der Waals surface area contributed by atoms with Crippen molar-refractivity contribution in [2.75, 3.05) is 20.3 Å². The summed E-state index contributed by atoms with van der Waals surface area (Å²) in [5, 5.41) is 0. The van der Waals surface area contributed by atoms with Crippen molar-refractivity contribution in [1.82, 2.24) is 0 Å². The van der Waals surface area contributed by atoms with Crippen molar-refractivity contribution in [1.29, 1.82) is 0 Å². The number of rotatable bonds is 8. The van der Waals surface area contributed by atoms with Gasteiger partial charge < -0.3 is 14.2 Å². The van der Waals surface area contributed by atoms with Gasteiger partial charge in [-0.15, -0.1) is 0 Å². The van der Waals surface area contributed by atoms with Gasteiger partial charge in [-0.1, -0.05) is 6.07 Å². The van der Waals surface area contributed by atoms with E-state index in [1.165, 1.54) is 5.56 Å². The summed E-state index contributed by atoms with van der Waals surface area (Å²) < 4.78 is 16.6. The SMILES string of the molecule is CCOc1cc(CCCOC2CCCCC2=O)ccc1OC. The van der Waals surface area contributed by atoms with Crippen LogP contribution in [0, 0.1) is 0 Å². The lowest BCUT2D eigenvalue weighted by molar-refractivity contribution is -0.133. The molecule has 0 saturated heterocycles. The fourth-order valence-corrected chi connectivity index (χ4v) is 2.77. The molecule has 0 radical (unpaired) electrons. The summed E-state index contributed by atoms with van der Waals surface area (Å²) in [6, 6.07) is 6.01. The number of benzene rings is 1. The van der Waals surface area contributed by atoms with E-state index in [1.807, 2.05) is 25.1 Å². The first kappa shape index (κ1) is 16.8. The third kappa shape index (κ3) is 4.73. The van der Waals surface area contributed by atoms with Crippen molar-refractivity contribution in [2.24, 2.45) is 0 Å². The molecule has 1 atom stereocenters. The van der Waals surface area contributed by atoms with Gasteiger partial charge in [0, 0.05) is 13.0 Å². The van der Waals surface area contributed by atoms with Gasteiger partial charge in [-0.2, -0.15) is 0 Å². The van der Waals surface area contributed by atoms with Crippen LogP contribution in [0.3, 0.4) is 0 Å². The summed E-state index contributed by atoms with van der Waals surface area (Å²) >= 11 is 0. The average molecular weight is 306 g/mol. The van der Waals surface area contributed by atoms with E-state index in [1.54, 1.807) is 7.11 Å². The molecule has 1 unspecified atom stereocenters. The number of Topliss-reactive ketones (excluding diaryl/α,β-unsaturated/α-hetero) is 1. The summed E-state index contributed by atoms with van der Waals surface area (Å²) in [5.41, 5.74) is 1.20. The first-order valence-corrected chi connectivity index (χ1v) is 8.18. The van der Waals surface area contributed by atoms with Crippen molar-refractivity contribution in [3.63, 3.8) is 0 Å². The Balaban J connectivity index is 1.78. The molecule has 4 nitrogen and oxygen atoms in total. The number of methoxy groups -OCH3 is 1. The zero-order chi connectivity index (χ0) is 15.8. The molecule has 1 aliphatic rings. The highest BCUT2D eigenvalue weighted by Gasteiger charge is 2.22. The number of aryl methyl sites for hydroxylation is 1. The van der Waals surface area contributed by atoms with Crippen molar-refractivity contribution < 1.29 is 19.0 Å². The molecular weight excluding hydrogens is 280 g/mol. The number of hydrogen-bond acceptors (Lipinski definition) is 4. The normalized spacial score (nSPS) is 18.3. The van der Waals surface area contributed by atoms with Crippen molar-refractivity contribution >= 4 is 5.78 Å². The van der Waals surface area contributed by atoms with Gasteiger partial charge in [-0.05, 0) is 56.7 Å². The first-order valence-electron chi connectivity index (χ1n) is 8.18.